The van der Waals surface area contributed by atoms with E-state index in [0.29, 0.717) is 13.2 Å². The van der Waals surface area contributed by atoms with E-state index in [0.717, 1.165) is 12.8 Å². The largest absolute Gasteiger partial charge is 0.412 e. The third kappa shape index (κ3) is 111. The van der Waals surface area contributed by atoms with Crippen LogP contribution >= 0.6 is 0 Å². The standard InChI is InChI=1S/2C3H8O.Hf.2H2O/c2*1-2-3-4;;;/h2*4H,2-3H2,1H3;;2*1H2. The maximum absolute atomic E-state index is 7.88. The molecule has 0 saturated heterocycles. The average molecular weight is 335 g/mol. The Kier molecular flexibility index (Phi) is 123. The minimum Gasteiger partial charge on any atom is -0.412 e. The fourth-order valence-electron chi connectivity index (χ4n) is 0. The first kappa shape index (κ1) is 29.8. The van der Waals surface area contributed by atoms with E-state index in [9.17, 15) is 0 Å². The van der Waals surface area contributed by atoms with Crippen molar-refractivity contribution in [2.24, 2.45) is 0 Å². The summed E-state index contributed by atoms with van der Waals surface area (Å²) in [6, 6.07) is 0. The van der Waals surface area contributed by atoms with E-state index in [2.05, 4.69) is 0 Å². The summed E-state index contributed by atoms with van der Waals surface area (Å²) in [6.07, 6.45) is 1.75. The Morgan fingerprint density at radius 3 is 0.909 bits per heavy atom. The molecule has 5 heteroatoms. The molecular weight excluding hydrogens is 315 g/mol. The molecule has 0 rings (SSSR count). The van der Waals surface area contributed by atoms with Crippen molar-refractivity contribution in [3.05, 3.63) is 0 Å². The zero-order valence-electron chi connectivity index (χ0n) is 7.22. The number of hydrogen-bond acceptors (Lipinski definition) is 2. The van der Waals surface area contributed by atoms with Crippen LogP contribution in [0.1, 0.15) is 26.7 Å². The topological polar surface area (TPSA) is 103 Å². The summed E-state index contributed by atoms with van der Waals surface area (Å²) in [7, 11) is 0. The molecule has 0 aromatic rings. The molecule has 6 N–H and O–H groups in total. The van der Waals surface area contributed by atoms with E-state index >= 15 is 0 Å². The van der Waals surface area contributed by atoms with E-state index in [4.69, 9.17) is 10.2 Å². The van der Waals surface area contributed by atoms with E-state index in [1.807, 2.05) is 13.8 Å². The third-order valence-corrected chi connectivity index (χ3v) is 0.447. The Balaban J connectivity index is -0.0000000171. The second-order valence-corrected chi connectivity index (χ2v) is 1.45. The van der Waals surface area contributed by atoms with Crippen LogP contribution < -0.4 is 0 Å². The van der Waals surface area contributed by atoms with Crippen molar-refractivity contribution >= 4 is 0 Å². The van der Waals surface area contributed by atoms with Crippen LogP contribution in [0.25, 0.3) is 0 Å². The van der Waals surface area contributed by atoms with Crippen LogP contribution in [0.2, 0.25) is 0 Å². The number of hydrogen-bond donors (Lipinski definition) is 2. The van der Waals surface area contributed by atoms with Crippen LogP contribution in [0.4, 0.5) is 0 Å². The summed E-state index contributed by atoms with van der Waals surface area (Å²) in [6.45, 7) is 4.50. The third-order valence-electron chi connectivity index (χ3n) is 0.447. The molecule has 0 aromatic heterocycles. The Hall–Kier alpha value is 0.710. The van der Waals surface area contributed by atoms with E-state index in [-0.39, 0.29) is 36.8 Å². The van der Waals surface area contributed by atoms with Crippen molar-refractivity contribution in [3.63, 3.8) is 0 Å². The van der Waals surface area contributed by atoms with Crippen molar-refractivity contribution < 1.29 is 47.0 Å². The SMILES string of the molecule is CCCO.CCCO.O.O.[Hf]. The molecule has 0 heterocycles. The summed E-state index contributed by atoms with van der Waals surface area (Å²) >= 11 is 0. The molecular formula is C6H20HfO4. The van der Waals surface area contributed by atoms with E-state index in [1.54, 1.807) is 0 Å². The molecule has 0 atom stereocenters. The minimum absolute atomic E-state index is 0. The van der Waals surface area contributed by atoms with Crippen molar-refractivity contribution in [1.82, 2.24) is 0 Å². The van der Waals surface area contributed by atoms with Gasteiger partial charge in [-0.1, -0.05) is 13.8 Å². The van der Waals surface area contributed by atoms with E-state index in [1.165, 1.54) is 0 Å². The van der Waals surface area contributed by atoms with Crippen molar-refractivity contribution in [2.45, 2.75) is 26.7 Å². The zero-order chi connectivity index (χ0) is 6.83. The molecule has 0 aliphatic carbocycles. The zero-order valence-corrected chi connectivity index (χ0v) is 10.8. The Bertz CT molecular complexity index is 22.5. The van der Waals surface area contributed by atoms with Crippen LogP contribution in [0, 0.1) is 0 Å². The molecule has 0 spiro atoms. The maximum atomic E-state index is 7.88. The van der Waals surface area contributed by atoms with E-state index < -0.39 is 0 Å². The molecule has 0 radical (unpaired) electrons. The summed E-state index contributed by atoms with van der Waals surface area (Å²) in [4.78, 5) is 0. The second kappa shape index (κ2) is 45.5. The molecule has 72 valence electrons. The van der Waals surface area contributed by atoms with Gasteiger partial charge in [-0.2, -0.15) is 0 Å². The summed E-state index contributed by atoms with van der Waals surface area (Å²) in [5.74, 6) is 0. The van der Waals surface area contributed by atoms with Crippen LogP contribution in [0.3, 0.4) is 0 Å². The van der Waals surface area contributed by atoms with Crippen molar-refractivity contribution in [2.75, 3.05) is 13.2 Å². The van der Waals surface area contributed by atoms with Gasteiger partial charge in [0.2, 0.25) is 0 Å². The molecule has 0 saturated carbocycles. The van der Waals surface area contributed by atoms with Crippen LogP contribution in [-0.2, 0) is 25.8 Å². The molecule has 0 aromatic carbocycles. The Morgan fingerprint density at radius 1 is 0.818 bits per heavy atom. The Morgan fingerprint density at radius 2 is 0.909 bits per heavy atom. The van der Waals surface area contributed by atoms with Gasteiger partial charge < -0.3 is 21.2 Å². The molecule has 0 fully saturated rings. The predicted molar refractivity (Wildman–Crippen MR) is 42.0 cm³/mol. The average Bonchev–Trinajstić information content (AvgIpc) is 1.88. The van der Waals surface area contributed by atoms with Crippen molar-refractivity contribution in [1.29, 1.82) is 0 Å². The van der Waals surface area contributed by atoms with Gasteiger partial charge in [-0.05, 0) is 12.8 Å². The van der Waals surface area contributed by atoms with Crippen LogP contribution in [0.5, 0.6) is 0 Å². The summed E-state index contributed by atoms with van der Waals surface area (Å²) in [5.41, 5.74) is 0. The molecule has 0 aliphatic rings. The summed E-state index contributed by atoms with van der Waals surface area (Å²) in [5, 5.41) is 15.8. The fraction of sp³-hybridized carbons (Fsp3) is 1.00. The monoisotopic (exact) mass is 336 g/mol. The normalized spacial score (nSPS) is 5.45. The van der Waals surface area contributed by atoms with Gasteiger partial charge >= 0.3 is 0 Å². The molecule has 0 bridgehead atoms. The van der Waals surface area contributed by atoms with Gasteiger partial charge in [0.05, 0.1) is 0 Å². The number of aliphatic hydroxyl groups excluding tert-OH is 2. The number of rotatable bonds is 2. The van der Waals surface area contributed by atoms with Crippen molar-refractivity contribution in [3.8, 4) is 0 Å². The predicted octanol–water partition coefficient (Wildman–Crippen LogP) is -0.874. The van der Waals surface area contributed by atoms with Crippen LogP contribution in [0.15, 0.2) is 0 Å². The Labute approximate surface area is 87.0 Å². The molecule has 11 heavy (non-hydrogen) atoms. The smallest absolute Gasteiger partial charge is 0.0428 e. The maximum Gasteiger partial charge on any atom is 0.0428 e. The first-order valence-electron chi connectivity index (χ1n) is 3.05. The van der Waals surface area contributed by atoms with Crippen LogP contribution in [-0.4, -0.2) is 34.4 Å². The van der Waals surface area contributed by atoms with Gasteiger partial charge in [-0.25, -0.2) is 0 Å². The van der Waals surface area contributed by atoms with Gasteiger partial charge in [0.1, 0.15) is 0 Å². The van der Waals surface area contributed by atoms with Gasteiger partial charge in [-0.3, -0.25) is 0 Å². The first-order valence-corrected chi connectivity index (χ1v) is 3.05. The van der Waals surface area contributed by atoms with Gasteiger partial charge in [0, 0.05) is 39.1 Å². The minimum atomic E-state index is 0. The molecule has 4 nitrogen and oxygen atoms in total. The summed E-state index contributed by atoms with van der Waals surface area (Å²) < 4.78 is 0. The van der Waals surface area contributed by atoms with Gasteiger partial charge in [0.15, 0.2) is 0 Å². The van der Waals surface area contributed by atoms with Gasteiger partial charge in [0.25, 0.3) is 0 Å². The molecule has 0 aliphatic heterocycles. The fourth-order valence-corrected chi connectivity index (χ4v) is 0. The number of aliphatic hydroxyl groups is 2. The second-order valence-electron chi connectivity index (χ2n) is 1.45. The van der Waals surface area contributed by atoms with Gasteiger partial charge in [-0.15, -0.1) is 0 Å². The quantitative estimate of drug-likeness (QED) is 0.641. The molecule has 0 unspecified atom stereocenters. The molecule has 0 amide bonds. The first-order chi connectivity index (χ1) is 3.83.